The van der Waals surface area contributed by atoms with Crippen LogP contribution in [0.2, 0.25) is 10.0 Å². The molecular formula is C12H11Cl2N3O2S. The third-order valence-electron chi connectivity index (χ3n) is 2.65. The van der Waals surface area contributed by atoms with E-state index < -0.39 is 10.0 Å². The molecule has 8 heteroatoms. The van der Waals surface area contributed by atoms with Gasteiger partial charge in [0.25, 0.3) is 10.0 Å². The number of hydrogen-bond acceptors (Lipinski definition) is 4. The molecule has 1 aromatic carbocycles. The third kappa shape index (κ3) is 2.67. The summed E-state index contributed by atoms with van der Waals surface area (Å²) in [6, 6.07) is 5.94. The van der Waals surface area contributed by atoms with Gasteiger partial charge in [0, 0.05) is 18.9 Å². The summed E-state index contributed by atoms with van der Waals surface area (Å²) in [6.07, 6.45) is 2.98. The summed E-state index contributed by atoms with van der Waals surface area (Å²) in [5.74, 6) is 0. The number of sulfonamides is 1. The van der Waals surface area contributed by atoms with Crippen LogP contribution < -0.4 is 10.0 Å². The molecule has 2 N–H and O–H groups in total. The summed E-state index contributed by atoms with van der Waals surface area (Å²) in [7, 11) is -2.50. The van der Waals surface area contributed by atoms with E-state index in [1.165, 1.54) is 25.4 Å². The van der Waals surface area contributed by atoms with Crippen LogP contribution in [-0.4, -0.2) is 20.4 Å². The molecule has 1 aromatic heterocycles. The molecule has 0 saturated carbocycles. The number of benzene rings is 1. The average Bonchev–Trinajstić information content (AvgIpc) is 2.37. The Morgan fingerprint density at radius 2 is 1.85 bits per heavy atom. The van der Waals surface area contributed by atoms with E-state index in [-0.39, 0.29) is 14.9 Å². The minimum atomic E-state index is -3.90. The molecule has 1 heterocycles. The fourth-order valence-corrected chi connectivity index (χ4v) is 4.00. The van der Waals surface area contributed by atoms with E-state index in [2.05, 4.69) is 4.98 Å². The quantitative estimate of drug-likeness (QED) is 0.877. The van der Waals surface area contributed by atoms with Gasteiger partial charge in [-0.15, -0.1) is 0 Å². The fourth-order valence-electron chi connectivity index (χ4n) is 1.64. The topological polar surface area (TPSA) is 76.3 Å². The van der Waals surface area contributed by atoms with Crippen molar-refractivity contribution in [2.24, 2.45) is 0 Å². The molecule has 106 valence electrons. The summed E-state index contributed by atoms with van der Waals surface area (Å²) < 4.78 is 26.2. The number of nitrogen functional groups attached to an aromatic ring is 1. The van der Waals surface area contributed by atoms with Crippen LogP contribution in [0.4, 0.5) is 11.4 Å². The Bertz CT molecular complexity index is 713. The molecule has 20 heavy (non-hydrogen) atoms. The lowest BCUT2D eigenvalue weighted by Gasteiger charge is -2.20. The highest BCUT2D eigenvalue weighted by molar-refractivity contribution is 7.93. The monoisotopic (exact) mass is 331 g/mol. The SMILES string of the molecule is CN(c1cccnc1)S(=O)(=O)c1c(Cl)cc(N)cc1Cl. The van der Waals surface area contributed by atoms with Crippen molar-refractivity contribution in [3.05, 3.63) is 46.7 Å². The van der Waals surface area contributed by atoms with Gasteiger partial charge in [-0.3, -0.25) is 9.29 Å². The van der Waals surface area contributed by atoms with E-state index in [0.717, 1.165) is 4.31 Å². The molecule has 0 unspecified atom stereocenters. The van der Waals surface area contributed by atoms with Gasteiger partial charge >= 0.3 is 0 Å². The van der Waals surface area contributed by atoms with E-state index in [1.807, 2.05) is 0 Å². The largest absolute Gasteiger partial charge is 0.399 e. The van der Waals surface area contributed by atoms with E-state index in [1.54, 1.807) is 18.3 Å². The molecule has 0 radical (unpaired) electrons. The first-order valence-electron chi connectivity index (χ1n) is 5.47. The predicted octanol–water partition coefficient (Wildman–Crippen LogP) is 2.80. The Hall–Kier alpha value is -1.50. The summed E-state index contributed by atoms with van der Waals surface area (Å²) in [4.78, 5) is 3.70. The lowest BCUT2D eigenvalue weighted by molar-refractivity contribution is 0.594. The lowest BCUT2D eigenvalue weighted by atomic mass is 10.3. The van der Waals surface area contributed by atoms with Gasteiger partial charge in [-0.2, -0.15) is 0 Å². The molecule has 0 aliphatic heterocycles. The van der Waals surface area contributed by atoms with Crippen molar-refractivity contribution < 1.29 is 8.42 Å². The van der Waals surface area contributed by atoms with Crippen molar-refractivity contribution in [1.29, 1.82) is 0 Å². The average molecular weight is 332 g/mol. The van der Waals surface area contributed by atoms with Crippen LogP contribution in [0.25, 0.3) is 0 Å². The third-order valence-corrected chi connectivity index (χ3v) is 5.36. The van der Waals surface area contributed by atoms with E-state index in [9.17, 15) is 8.42 Å². The van der Waals surface area contributed by atoms with Crippen molar-refractivity contribution in [2.75, 3.05) is 17.1 Å². The Balaban J connectivity index is 2.57. The van der Waals surface area contributed by atoms with Crippen LogP contribution in [-0.2, 0) is 10.0 Å². The number of anilines is 2. The zero-order valence-corrected chi connectivity index (χ0v) is 12.7. The Morgan fingerprint density at radius 3 is 2.35 bits per heavy atom. The van der Waals surface area contributed by atoms with Crippen LogP contribution in [0.1, 0.15) is 0 Å². The molecule has 0 spiro atoms. The first kappa shape index (κ1) is 14.9. The molecule has 0 bridgehead atoms. The van der Waals surface area contributed by atoms with E-state index >= 15 is 0 Å². The second kappa shape index (κ2) is 5.47. The summed E-state index contributed by atoms with van der Waals surface area (Å²) in [6.45, 7) is 0. The maximum atomic E-state index is 12.6. The van der Waals surface area contributed by atoms with Gasteiger partial charge in [0.05, 0.1) is 21.9 Å². The summed E-state index contributed by atoms with van der Waals surface area (Å²) in [5, 5.41) is -0.0449. The van der Waals surface area contributed by atoms with Gasteiger partial charge in [0.2, 0.25) is 0 Å². The molecule has 2 rings (SSSR count). The maximum Gasteiger partial charge on any atom is 0.267 e. The summed E-state index contributed by atoms with van der Waals surface area (Å²) >= 11 is 11.9. The molecule has 0 aliphatic carbocycles. The first-order chi connectivity index (χ1) is 9.34. The molecule has 0 atom stereocenters. The standard InChI is InChI=1S/C12H11Cl2N3O2S/c1-17(9-3-2-4-16-7-9)20(18,19)12-10(13)5-8(15)6-11(12)14/h2-7H,15H2,1H3. The minimum absolute atomic E-state index is 0.0225. The number of nitrogens with two attached hydrogens (primary N) is 1. The van der Waals surface area contributed by atoms with Crippen molar-refractivity contribution in [3.63, 3.8) is 0 Å². The molecule has 0 aliphatic rings. The van der Waals surface area contributed by atoms with Crippen molar-refractivity contribution in [3.8, 4) is 0 Å². The van der Waals surface area contributed by atoms with Gasteiger partial charge in [-0.25, -0.2) is 8.42 Å². The highest BCUT2D eigenvalue weighted by Gasteiger charge is 2.27. The Kier molecular flexibility index (Phi) is 4.08. The molecule has 0 fully saturated rings. The van der Waals surface area contributed by atoms with Gasteiger partial charge < -0.3 is 5.73 Å². The van der Waals surface area contributed by atoms with E-state index in [4.69, 9.17) is 28.9 Å². The number of aromatic nitrogens is 1. The fraction of sp³-hybridized carbons (Fsp3) is 0.0833. The Morgan fingerprint density at radius 1 is 1.25 bits per heavy atom. The number of hydrogen-bond donors (Lipinski definition) is 1. The second-order valence-electron chi connectivity index (χ2n) is 4.00. The summed E-state index contributed by atoms with van der Waals surface area (Å²) in [5.41, 5.74) is 6.27. The second-order valence-corrected chi connectivity index (χ2v) is 6.72. The highest BCUT2D eigenvalue weighted by atomic mass is 35.5. The zero-order valence-electron chi connectivity index (χ0n) is 10.4. The smallest absolute Gasteiger partial charge is 0.267 e. The van der Waals surface area contributed by atoms with Crippen molar-refractivity contribution >= 4 is 44.6 Å². The highest BCUT2D eigenvalue weighted by Crippen LogP contribution is 2.34. The predicted molar refractivity (Wildman–Crippen MR) is 80.7 cm³/mol. The molecular weight excluding hydrogens is 321 g/mol. The molecule has 0 amide bonds. The van der Waals surface area contributed by atoms with Crippen LogP contribution >= 0.6 is 23.2 Å². The van der Waals surface area contributed by atoms with Crippen molar-refractivity contribution in [2.45, 2.75) is 4.90 Å². The molecule has 0 saturated heterocycles. The number of halogens is 2. The lowest BCUT2D eigenvalue weighted by Crippen LogP contribution is -2.27. The first-order valence-corrected chi connectivity index (χ1v) is 7.67. The van der Waals surface area contributed by atoms with Crippen molar-refractivity contribution in [1.82, 2.24) is 4.98 Å². The number of pyridine rings is 1. The van der Waals surface area contributed by atoms with Crippen LogP contribution in [0.15, 0.2) is 41.6 Å². The van der Waals surface area contributed by atoms with Crippen LogP contribution in [0.3, 0.4) is 0 Å². The van der Waals surface area contributed by atoms with Gasteiger partial charge in [-0.1, -0.05) is 23.2 Å². The van der Waals surface area contributed by atoms with Gasteiger partial charge in [-0.05, 0) is 24.3 Å². The normalized spacial score (nSPS) is 11.3. The minimum Gasteiger partial charge on any atom is -0.399 e. The Labute approximate surface area is 127 Å². The van der Waals surface area contributed by atoms with E-state index in [0.29, 0.717) is 11.4 Å². The molecule has 5 nitrogen and oxygen atoms in total. The maximum absolute atomic E-state index is 12.6. The van der Waals surface area contributed by atoms with Crippen LogP contribution in [0, 0.1) is 0 Å². The van der Waals surface area contributed by atoms with Gasteiger partial charge in [0.15, 0.2) is 0 Å². The van der Waals surface area contributed by atoms with Gasteiger partial charge in [0.1, 0.15) is 4.90 Å². The molecule has 2 aromatic rings. The zero-order chi connectivity index (χ0) is 14.9. The van der Waals surface area contributed by atoms with Crippen LogP contribution in [0.5, 0.6) is 0 Å². The number of nitrogens with zero attached hydrogens (tertiary/aromatic N) is 2. The number of rotatable bonds is 3.